The van der Waals surface area contributed by atoms with Crippen molar-refractivity contribution in [3.8, 4) is 5.75 Å². The predicted molar refractivity (Wildman–Crippen MR) is 119 cm³/mol. The second kappa shape index (κ2) is 10.8. The molecule has 30 heavy (non-hydrogen) atoms. The van der Waals surface area contributed by atoms with Crippen LogP contribution in [0.3, 0.4) is 0 Å². The molecule has 0 saturated carbocycles. The first-order valence-electron chi connectivity index (χ1n) is 10.3. The van der Waals surface area contributed by atoms with Gasteiger partial charge in [0.05, 0.1) is 17.7 Å². The van der Waals surface area contributed by atoms with E-state index in [0.717, 1.165) is 30.0 Å². The van der Waals surface area contributed by atoms with Gasteiger partial charge in [-0.3, -0.25) is 9.59 Å². The Morgan fingerprint density at radius 3 is 2.73 bits per heavy atom. The maximum absolute atomic E-state index is 12.9. The summed E-state index contributed by atoms with van der Waals surface area (Å²) in [6, 6.07) is 5.03. The SMILES string of the molecule is COc1ccc(Cl)cc1C(=O)N1CCC(C(=O)NCCCCc2nc(C)cs2)CC1. The van der Waals surface area contributed by atoms with Crippen molar-refractivity contribution in [2.45, 2.75) is 39.0 Å². The highest BCUT2D eigenvalue weighted by Gasteiger charge is 2.28. The Morgan fingerprint density at radius 2 is 2.07 bits per heavy atom. The lowest BCUT2D eigenvalue weighted by molar-refractivity contribution is -0.126. The van der Waals surface area contributed by atoms with E-state index >= 15 is 0 Å². The maximum Gasteiger partial charge on any atom is 0.257 e. The van der Waals surface area contributed by atoms with Crippen LogP contribution in [-0.4, -0.2) is 48.4 Å². The van der Waals surface area contributed by atoms with Gasteiger partial charge in [0.15, 0.2) is 0 Å². The molecule has 6 nitrogen and oxygen atoms in total. The highest BCUT2D eigenvalue weighted by molar-refractivity contribution is 7.09. The number of hydrogen-bond donors (Lipinski definition) is 1. The Hall–Kier alpha value is -2.12. The third kappa shape index (κ3) is 5.95. The van der Waals surface area contributed by atoms with Crippen LogP contribution in [0.2, 0.25) is 5.02 Å². The summed E-state index contributed by atoms with van der Waals surface area (Å²) in [6.45, 7) is 3.79. The number of benzene rings is 1. The first-order valence-corrected chi connectivity index (χ1v) is 11.5. The molecule has 0 atom stereocenters. The van der Waals surface area contributed by atoms with E-state index in [4.69, 9.17) is 16.3 Å². The molecule has 1 aromatic heterocycles. The number of carbonyl (C=O) groups is 2. The second-order valence-electron chi connectivity index (χ2n) is 7.54. The number of carbonyl (C=O) groups excluding carboxylic acids is 2. The number of unbranched alkanes of at least 4 members (excludes halogenated alkanes) is 1. The number of rotatable bonds is 8. The molecular formula is C22H28ClN3O3S. The lowest BCUT2D eigenvalue weighted by atomic mass is 9.95. The monoisotopic (exact) mass is 449 g/mol. The summed E-state index contributed by atoms with van der Waals surface area (Å²) in [7, 11) is 1.54. The molecule has 3 rings (SSSR count). The molecule has 1 aromatic carbocycles. The number of aromatic nitrogens is 1. The minimum absolute atomic E-state index is 0.0445. The number of halogens is 1. The molecule has 1 saturated heterocycles. The average Bonchev–Trinajstić information content (AvgIpc) is 3.18. The number of aryl methyl sites for hydroxylation is 2. The van der Waals surface area contributed by atoms with Crippen LogP contribution in [0.5, 0.6) is 5.75 Å². The second-order valence-corrected chi connectivity index (χ2v) is 8.92. The van der Waals surface area contributed by atoms with Gasteiger partial charge in [0, 0.05) is 41.6 Å². The van der Waals surface area contributed by atoms with Crippen LogP contribution in [0.15, 0.2) is 23.6 Å². The Bertz CT molecular complexity index is 878. The number of nitrogens with one attached hydrogen (secondary N) is 1. The highest BCUT2D eigenvalue weighted by Crippen LogP contribution is 2.26. The first-order chi connectivity index (χ1) is 14.5. The fourth-order valence-electron chi connectivity index (χ4n) is 3.64. The quantitative estimate of drug-likeness (QED) is 0.616. The zero-order valence-corrected chi connectivity index (χ0v) is 19.0. The van der Waals surface area contributed by atoms with Crippen molar-refractivity contribution in [2.75, 3.05) is 26.7 Å². The molecule has 2 amide bonds. The molecule has 1 fully saturated rings. The summed E-state index contributed by atoms with van der Waals surface area (Å²) in [5, 5.41) is 6.77. The molecule has 2 heterocycles. The van der Waals surface area contributed by atoms with Gasteiger partial charge in [-0.1, -0.05) is 11.6 Å². The number of likely N-dealkylation sites (tertiary alicyclic amines) is 1. The Kier molecular flexibility index (Phi) is 8.10. The van der Waals surface area contributed by atoms with Gasteiger partial charge in [0.2, 0.25) is 5.91 Å². The van der Waals surface area contributed by atoms with E-state index < -0.39 is 0 Å². The van der Waals surface area contributed by atoms with Crippen molar-refractivity contribution in [3.05, 3.63) is 44.9 Å². The number of nitrogens with zero attached hydrogens (tertiary/aromatic N) is 2. The van der Waals surface area contributed by atoms with Gasteiger partial charge in [-0.05, 0) is 57.2 Å². The Balaban J connectivity index is 1.40. The fourth-order valence-corrected chi connectivity index (χ4v) is 4.63. The molecule has 0 bridgehead atoms. The van der Waals surface area contributed by atoms with Crippen molar-refractivity contribution in [1.29, 1.82) is 0 Å². The van der Waals surface area contributed by atoms with E-state index in [1.807, 2.05) is 6.92 Å². The minimum atomic E-state index is -0.106. The molecule has 2 aromatic rings. The summed E-state index contributed by atoms with van der Waals surface area (Å²) < 4.78 is 5.29. The van der Waals surface area contributed by atoms with Gasteiger partial charge in [0.1, 0.15) is 5.75 Å². The molecule has 162 valence electrons. The highest BCUT2D eigenvalue weighted by atomic mass is 35.5. The number of ether oxygens (including phenoxy) is 1. The van der Waals surface area contributed by atoms with E-state index in [0.29, 0.717) is 48.8 Å². The van der Waals surface area contributed by atoms with Crippen molar-refractivity contribution in [2.24, 2.45) is 5.92 Å². The number of piperidine rings is 1. The molecular weight excluding hydrogens is 422 g/mol. The molecule has 0 radical (unpaired) electrons. The van der Waals surface area contributed by atoms with Crippen LogP contribution in [0.1, 0.15) is 46.7 Å². The van der Waals surface area contributed by atoms with Crippen LogP contribution in [0.25, 0.3) is 0 Å². The van der Waals surface area contributed by atoms with Gasteiger partial charge >= 0.3 is 0 Å². The smallest absolute Gasteiger partial charge is 0.257 e. The van der Waals surface area contributed by atoms with E-state index in [1.54, 1.807) is 34.4 Å². The molecule has 8 heteroatoms. The van der Waals surface area contributed by atoms with E-state index in [9.17, 15) is 9.59 Å². The summed E-state index contributed by atoms with van der Waals surface area (Å²) in [4.78, 5) is 31.5. The summed E-state index contributed by atoms with van der Waals surface area (Å²) in [6.07, 6.45) is 4.25. The lowest BCUT2D eigenvalue weighted by Crippen LogP contribution is -2.43. The molecule has 0 aliphatic carbocycles. The normalized spacial score (nSPS) is 14.6. The van der Waals surface area contributed by atoms with Gasteiger partial charge < -0.3 is 15.0 Å². The average molecular weight is 450 g/mol. The Labute approximate surface area is 186 Å². The van der Waals surface area contributed by atoms with Crippen LogP contribution >= 0.6 is 22.9 Å². The van der Waals surface area contributed by atoms with E-state index in [-0.39, 0.29) is 17.7 Å². The zero-order valence-electron chi connectivity index (χ0n) is 17.4. The molecule has 1 aliphatic heterocycles. The largest absolute Gasteiger partial charge is 0.496 e. The lowest BCUT2D eigenvalue weighted by Gasteiger charge is -2.31. The summed E-state index contributed by atoms with van der Waals surface area (Å²) in [5.74, 6) is 0.451. The molecule has 0 unspecified atom stereocenters. The van der Waals surface area contributed by atoms with Gasteiger partial charge in [0.25, 0.3) is 5.91 Å². The van der Waals surface area contributed by atoms with E-state index in [1.165, 1.54) is 7.11 Å². The number of thiazole rings is 1. The fraction of sp³-hybridized carbons (Fsp3) is 0.500. The zero-order chi connectivity index (χ0) is 21.5. The minimum Gasteiger partial charge on any atom is -0.496 e. The number of hydrogen-bond acceptors (Lipinski definition) is 5. The van der Waals surface area contributed by atoms with Crippen molar-refractivity contribution >= 4 is 34.8 Å². The van der Waals surface area contributed by atoms with Crippen molar-refractivity contribution < 1.29 is 14.3 Å². The summed E-state index contributed by atoms with van der Waals surface area (Å²) >= 11 is 7.74. The van der Waals surface area contributed by atoms with Gasteiger partial charge in [-0.2, -0.15) is 0 Å². The van der Waals surface area contributed by atoms with Crippen LogP contribution < -0.4 is 10.1 Å². The van der Waals surface area contributed by atoms with Crippen molar-refractivity contribution in [3.63, 3.8) is 0 Å². The van der Waals surface area contributed by atoms with E-state index in [2.05, 4.69) is 15.7 Å². The number of amides is 2. The molecule has 1 N–H and O–H groups in total. The third-order valence-electron chi connectivity index (χ3n) is 5.33. The molecule has 0 spiro atoms. The molecule has 1 aliphatic rings. The number of methoxy groups -OCH3 is 1. The third-order valence-corrected chi connectivity index (χ3v) is 6.59. The van der Waals surface area contributed by atoms with Gasteiger partial charge in [-0.15, -0.1) is 11.3 Å². The predicted octanol–water partition coefficient (Wildman–Crippen LogP) is 4.10. The van der Waals surface area contributed by atoms with Gasteiger partial charge in [-0.25, -0.2) is 4.98 Å². The topological polar surface area (TPSA) is 71.5 Å². The maximum atomic E-state index is 12.9. The standard InChI is InChI=1S/C22H28ClN3O3S/c1-15-14-30-20(25-15)5-3-4-10-24-21(27)16-8-11-26(12-9-16)22(28)18-13-17(23)6-7-19(18)29-2/h6-7,13-14,16H,3-5,8-12H2,1-2H3,(H,24,27). The van der Waals surface area contributed by atoms with Crippen LogP contribution in [0.4, 0.5) is 0 Å². The summed E-state index contributed by atoms with van der Waals surface area (Å²) in [5.41, 5.74) is 1.53. The van der Waals surface area contributed by atoms with Crippen LogP contribution in [0, 0.1) is 12.8 Å². The first kappa shape index (κ1) is 22.6. The van der Waals surface area contributed by atoms with Crippen molar-refractivity contribution in [1.82, 2.24) is 15.2 Å². The van der Waals surface area contributed by atoms with Crippen LogP contribution in [-0.2, 0) is 11.2 Å². The Morgan fingerprint density at radius 1 is 1.30 bits per heavy atom.